The molecule has 0 aliphatic rings. The Bertz CT molecular complexity index is 440. The lowest BCUT2D eigenvalue weighted by molar-refractivity contribution is 0.187. The van der Waals surface area contributed by atoms with Gasteiger partial charge < -0.3 is 15.7 Å². The number of hydrogen-bond donors (Lipinski definition) is 3. The first-order valence-electron chi connectivity index (χ1n) is 7.73. The van der Waals surface area contributed by atoms with Crippen LogP contribution < -0.4 is 10.6 Å². The number of nitrogens with one attached hydrogen (secondary N) is 2. The zero-order chi connectivity index (χ0) is 15.8. The molecule has 0 saturated heterocycles. The van der Waals surface area contributed by atoms with Crippen molar-refractivity contribution in [3.63, 3.8) is 0 Å². The molecule has 4 nitrogen and oxygen atoms in total. The summed E-state index contributed by atoms with van der Waals surface area (Å²) in [6.45, 7) is 11.7. The molecule has 2 unspecified atom stereocenters. The van der Waals surface area contributed by atoms with Gasteiger partial charge >= 0.3 is 0 Å². The summed E-state index contributed by atoms with van der Waals surface area (Å²) < 4.78 is 0. The number of hydrogen-bond acceptors (Lipinski definition) is 2. The van der Waals surface area contributed by atoms with Gasteiger partial charge in [0.25, 0.3) is 0 Å². The molecule has 1 aromatic carbocycles. The zero-order valence-corrected chi connectivity index (χ0v) is 13.9. The average molecular weight is 291 g/mol. The Hall–Kier alpha value is -1.55. The third-order valence-corrected chi connectivity index (χ3v) is 3.59. The second kappa shape index (κ2) is 8.67. The molecular formula is C17H29N3O. The number of aliphatic imine (C=N–C) groups is 1. The molecule has 3 N–H and O–H groups in total. The number of nitrogens with zero attached hydrogens (tertiary/aromatic N) is 1. The molecule has 118 valence electrons. The monoisotopic (exact) mass is 291 g/mol. The van der Waals surface area contributed by atoms with Gasteiger partial charge in [0.2, 0.25) is 0 Å². The van der Waals surface area contributed by atoms with Crippen LogP contribution in [0.2, 0.25) is 0 Å². The van der Waals surface area contributed by atoms with E-state index in [1.54, 1.807) is 0 Å². The normalized spacial score (nSPS) is 14.9. The van der Waals surface area contributed by atoms with Gasteiger partial charge in [-0.05, 0) is 32.3 Å². The van der Waals surface area contributed by atoms with Crippen molar-refractivity contribution in [3.8, 4) is 0 Å². The fraction of sp³-hybridized carbons (Fsp3) is 0.588. The van der Waals surface area contributed by atoms with Gasteiger partial charge in [0.15, 0.2) is 5.96 Å². The minimum absolute atomic E-state index is 0.333. The largest absolute Gasteiger partial charge is 0.386 e. The number of aryl methyl sites for hydroxylation is 1. The fourth-order valence-electron chi connectivity index (χ4n) is 1.77. The Morgan fingerprint density at radius 3 is 2.33 bits per heavy atom. The van der Waals surface area contributed by atoms with E-state index in [1.165, 1.54) is 5.56 Å². The topological polar surface area (TPSA) is 56.7 Å². The Morgan fingerprint density at radius 2 is 1.81 bits per heavy atom. The van der Waals surface area contributed by atoms with Crippen LogP contribution in [0.25, 0.3) is 0 Å². The van der Waals surface area contributed by atoms with Gasteiger partial charge in [-0.15, -0.1) is 0 Å². The van der Waals surface area contributed by atoms with Crippen LogP contribution in [-0.2, 0) is 0 Å². The van der Waals surface area contributed by atoms with Crippen LogP contribution in [0.1, 0.15) is 44.9 Å². The summed E-state index contributed by atoms with van der Waals surface area (Å²) in [4.78, 5) is 4.48. The van der Waals surface area contributed by atoms with Gasteiger partial charge in [-0.1, -0.05) is 43.7 Å². The maximum Gasteiger partial charge on any atom is 0.191 e. The van der Waals surface area contributed by atoms with Crippen molar-refractivity contribution in [1.82, 2.24) is 10.6 Å². The van der Waals surface area contributed by atoms with E-state index < -0.39 is 6.10 Å². The van der Waals surface area contributed by atoms with Crippen LogP contribution in [0.3, 0.4) is 0 Å². The molecule has 0 aromatic heterocycles. The lowest BCUT2D eigenvalue weighted by Gasteiger charge is -2.21. The van der Waals surface area contributed by atoms with E-state index in [4.69, 9.17) is 0 Å². The van der Waals surface area contributed by atoms with Crippen molar-refractivity contribution >= 4 is 5.96 Å². The molecule has 0 aliphatic carbocycles. The van der Waals surface area contributed by atoms with Gasteiger partial charge in [0.1, 0.15) is 0 Å². The summed E-state index contributed by atoms with van der Waals surface area (Å²) in [7, 11) is 0. The smallest absolute Gasteiger partial charge is 0.191 e. The van der Waals surface area contributed by atoms with Crippen LogP contribution >= 0.6 is 0 Å². The summed E-state index contributed by atoms with van der Waals surface area (Å²) in [6.07, 6.45) is -0.574. The van der Waals surface area contributed by atoms with Crippen LogP contribution in [0, 0.1) is 12.8 Å². The van der Waals surface area contributed by atoms with Crippen molar-refractivity contribution in [2.45, 2.75) is 46.8 Å². The SMILES string of the molecule is CCNC(=NCC(O)c1ccc(C)cc1)NC(C)C(C)C. The number of aliphatic hydroxyl groups is 1. The van der Waals surface area contributed by atoms with E-state index in [0.717, 1.165) is 18.1 Å². The minimum Gasteiger partial charge on any atom is -0.386 e. The standard InChI is InChI=1S/C17H29N3O/c1-6-18-17(20-14(5)12(2)3)19-11-16(21)15-9-7-13(4)8-10-15/h7-10,12,14,16,21H,6,11H2,1-5H3,(H2,18,19,20). The van der Waals surface area contributed by atoms with E-state index in [2.05, 4.69) is 36.4 Å². The maximum absolute atomic E-state index is 10.2. The van der Waals surface area contributed by atoms with Crippen LogP contribution in [0.4, 0.5) is 0 Å². The van der Waals surface area contributed by atoms with E-state index in [0.29, 0.717) is 18.5 Å². The molecule has 4 heteroatoms. The molecule has 0 saturated carbocycles. The molecule has 0 fully saturated rings. The van der Waals surface area contributed by atoms with Crippen molar-refractivity contribution in [2.24, 2.45) is 10.9 Å². The lowest BCUT2D eigenvalue weighted by atomic mass is 10.1. The molecule has 2 atom stereocenters. The van der Waals surface area contributed by atoms with E-state index >= 15 is 0 Å². The second-order valence-electron chi connectivity index (χ2n) is 5.82. The summed E-state index contributed by atoms with van der Waals surface area (Å²) in [6, 6.07) is 8.25. The molecular weight excluding hydrogens is 262 g/mol. The first-order valence-corrected chi connectivity index (χ1v) is 7.73. The highest BCUT2D eigenvalue weighted by Gasteiger charge is 2.10. The van der Waals surface area contributed by atoms with E-state index in [9.17, 15) is 5.11 Å². The molecule has 1 rings (SSSR count). The van der Waals surface area contributed by atoms with Gasteiger partial charge in [-0.2, -0.15) is 0 Å². The molecule has 0 aliphatic heterocycles. The van der Waals surface area contributed by atoms with Crippen LogP contribution in [0.15, 0.2) is 29.3 Å². The molecule has 0 heterocycles. The maximum atomic E-state index is 10.2. The molecule has 21 heavy (non-hydrogen) atoms. The Balaban J connectivity index is 2.66. The molecule has 1 aromatic rings. The summed E-state index contributed by atoms with van der Waals surface area (Å²) in [5.41, 5.74) is 2.09. The molecule has 0 bridgehead atoms. The van der Waals surface area contributed by atoms with E-state index in [1.807, 2.05) is 38.1 Å². The van der Waals surface area contributed by atoms with Crippen LogP contribution in [0.5, 0.6) is 0 Å². The highest BCUT2D eigenvalue weighted by atomic mass is 16.3. The van der Waals surface area contributed by atoms with Gasteiger partial charge in [-0.3, -0.25) is 4.99 Å². The lowest BCUT2D eigenvalue weighted by Crippen LogP contribution is -2.44. The van der Waals surface area contributed by atoms with Crippen molar-refractivity contribution in [1.29, 1.82) is 0 Å². The molecule has 0 amide bonds. The minimum atomic E-state index is -0.574. The van der Waals surface area contributed by atoms with Crippen molar-refractivity contribution in [3.05, 3.63) is 35.4 Å². The van der Waals surface area contributed by atoms with Crippen LogP contribution in [-0.4, -0.2) is 30.2 Å². The van der Waals surface area contributed by atoms with Gasteiger partial charge in [0, 0.05) is 12.6 Å². The van der Waals surface area contributed by atoms with Gasteiger partial charge in [0.05, 0.1) is 12.6 Å². The number of benzene rings is 1. The van der Waals surface area contributed by atoms with Crippen molar-refractivity contribution in [2.75, 3.05) is 13.1 Å². The van der Waals surface area contributed by atoms with Crippen molar-refractivity contribution < 1.29 is 5.11 Å². The zero-order valence-electron chi connectivity index (χ0n) is 13.9. The number of guanidine groups is 1. The Labute approximate surface area is 128 Å². The van der Waals surface area contributed by atoms with Gasteiger partial charge in [-0.25, -0.2) is 0 Å². The number of rotatable bonds is 6. The Morgan fingerprint density at radius 1 is 1.19 bits per heavy atom. The summed E-state index contributed by atoms with van der Waals surface area (Å²) >= 11 is 0. The highest BCUT2D eigenvalue weighted by Crippen LogP contribution is 2.13. The third kappa shape index (κ3) is 6.17. The second-order valence-corrected chi connectivity index (χ2v) is 5.82. The third-order valence-electron chi connectivity index (χ3n) is 3.59. The Kier molecular flexibility index (Phi) is 7.23. The quantitative estimate of drug-likeness (QED) is 0.558. The summed E-state index contributed by atoms with van der Waals surface area (Å²) in [5, 5.41) is 16.8. The predicted octanol–water partition coefficient (Wildman–Crippen LogP) is 2.63. The first-order chi connectivity index (χ1) is 9.93. The predicted molar refractivity (Wildman–Crippen MR) is 89.6 cm³/mol. The summed E-state index contributed by atoms with van der Waals surface area (Å²) in [5.74, 6) is 1.28. The average Bonchev–Trinajstić information content (AvgIpc) is 2.45. The molecule has 0 radical (unpaired) electrons. The fourth-order valence-corrected chi connectivity index (χ4v) is 1.77. The first kappa shape index (κ1) is 17.5. The molecule has 0 spiro atoms. The highest BCUT2D eigenvalue weighted by molar-refractivity contribution is 5.80. The number of aliphatic hydroxyl groups excluding tert-OH is 1. The van der Waals surface area contributed by atoms with E-state index in [-0.39, 0.29) is 0 Å².